The van der Waals surface area contributed by atoms with Gasteiger partial charge >= 0.3 is 0 Å². The standard InChI is InChI=1S/C5H6O3/c1-4(2,3)5(6,7)8/h1-3H2/q-3. The van der Waals surface area contributed by atoms with E-state index in [0.717, 1.165) is 0 Å². The van der Waals surface area contributed by atoms with Crippen molar-refractivity contribution in [3.05, 3.63) is 20.8 Å². The van der Waals surface area contributed by atoms with E-state index < -0.39 is 11.4 Å². The topological polar surface area (TPSA) is 69.2 Å². The van der Waals surface area contributed by atoms with Crippen molar-refractivity contribution in [2.45, 2.75) is 5.97 Å². The van der Waals surface area contributed by atoms with Gasteiger partial charge in [0, 0.05) is 6.92 Å². The third kappa shape index (κ3) is 1.69. The molecule has 0 N–H and O–H groups in total. The van der Waals surface area contributed by atoms with Gasteiger partial charge in [-0.25, -0.2) is 0 Å². The van der Waals surface area contributed by atoms with E-state index >= 15 is 0 Å². The van der Waals surface area contributed by atoms with Crippen molar-refractivity contribution in [3.63, 3.8) is 0 Å². The van der Waals surface area contributed by atoms with Crippen LogP contribution < -0.4 is 15.3 Å². The SMILES string of the molecule is [CH2]C([CH2+])([CH2-])C([O-])([O-])[O-]. The molecule has 47 valence electrons. The zero-order chi connectivity index (χ0) is 7.00. The van der Waals surface area contributed by atoms with Gasteiger partial charge in [-0.2, -0.15) is 0 Å². The molecular weight excluding hydrogens is 108 g/mol. The van der Waals surface area contributed by atoms with Crippen LogP contribution in [0, 0.1) is 26.2 Å². The zero-order valence-electron chi connectivity index (χ0n) is 4.35. The van der Waals surface area contributed by atoms with E-state index in [2.05, 4.69) is 20.8 Å². The molecule has 0 saturated heterocycles. The van der Waals surface area contributed by atoms with Crippen LogP contribution >= 0.6 is 0 Å². The van der Waals surface area contributed by atoms with Crippen LogP contribution in [0.4, 0.5) is 0 Å². The summed E-state index contributed by atoms with van der Waals surface area (Å²) in [4.78, 5) is 0. The highest BCUT2D eigenvalue weighted by atomic mass is 16.7. The highest BCUT2D eigenvalue weighted by molar-refractivity contribution is 4.90. The van der Waals surface area contributed by atoms with Crippen LogP contribution in [0.5, 0.6) is 0 Å². The van der Waals surface area contributed by atoms with Crippen molar-refractivity contribution >= 4 is 0 Å². The Morgan fingerprint density at radius 2 is 1.50 bits per heavy atom. The van der Waals surface area contributed by atoms with Crippen molar-refractivity contribution in [3.8, 4) is 0 Å². The molecule has 0 heterocycles. The summed E-state index contributed by atoms with van der Waals surface area (Å²) < 4.78 is 0. The first kappa shape index (κ1) is 7.75. The van der Waals surface area contributed by atoms with Gasteiger partial charge in [0.1, 0.15) is 0 Å². The molecule has 0 aliphatic carbocycles. The Labute approximate surface area is 48.6 Å². The molecule has 0 aromatic heterocycles. The lowest BCUT2D eigenvalue weighted by Gasteiger charge is -2.67. The van der Waals surface area contributed by atoms with E-state index in [1.165, 1.54) is 0 Å². The summed E-state index contributed by atoms with van der Waals surface area (Å²) >= 11 is 0. The lowest BCUT2D eigenvalue weighted by atomic mass is 9.94. The van der Waals surface area contributed by atoms with Crippen LogP contribution in [0.15, 0.2) is 0 Å². The quantitative estimate of drug-likeness (QED) is 0.273. The van der Waals surface area contributed by atoms with E-state index in [1.807, 2.05) is 0 Å². The summed E-state index contributed by atoms with van der Waals surface area (Å²) in [6, 6.07) is 0. The van der Waals surface area contributed by atoms with E-state index in [-0.39, 0.29) is 0 Å². The Hall–Kier alpha value is -0.250. The van der Waals surface area contributed by atoms with Gasteiger partial charge in [0.2, 0.25) is 0 Å². The molecule has 3 nitrogen and oxygen atoms in total. The molecule has 0 aliphatic rings. The van der Waals surface area contributed by atoms with Crippen molar-refractivity contribution in [2.24, 2.45) is 5.41 Å². The number of rotatable bonds is 1. The maximum Gasteiger partial charge on any atom is 0.0329 e. The van der Waals surface area contributed by atoms with Gasteiger partial charge in [-0.15, -0.1) is 0 Å². The summed E-state index contributed by atoms with van der Waals surface area (Å²) in [5.41, 5.74) is -1.98. The lowest BCUT2D eigenvalue weighted by Crippen LogP contribution is -2.74. The first-order chi connectivity index (χ1) is 3.25. The highest BCUT2D eigenvalue weighted by Gasteiger charge is 2.07. The fourth-order valence-corrected chi connectivity index (χ4v) is 0. The van der Waals surface area contributed by atoms with Gasteiger partial charge in [0.25, 0.3) is 0 Å². The van der Waals surface area contributed by atoms with E-state index in [0.29, 0.717) is 0 Å². The molecule has 0 aromatic carbocycles. The fourth-order valence-electron chi connectivity index (χ4n) is 0. The number of hydrogen-bond donors (Lipinski definition) is 0. The van der Waals surface area contributed by atoms with E-state index in [4.69, 9.17) is 0 Å². The van der Waals surface area contributed by atoms with Crippen LogP contribution in [-0.4, -0.2) is 5.97 Å². The largest absolute Gasteiger partial charge is 0.875 e. The molecule has 0 amide bonds. The van der Waals surface area contributed by atoms with Gasteiger partial charge in [-0.3, -0.25) is 12.9 Å². The molecule has 0 unspecified atom stereocenters. The minimum atomic E-state index is -3.65. The predicted molar refractivity (Wildman–Crippen MR) is 21.2 cm³/mol. The highest BCUT2D eigenvalue weighted by Crippen LogP contribution is 2.15. The summed E-state index contributed by atoms with van der Waals surface area (Å²) in [6.07, 6.45) is 0. The van der Waals surface area contributed by atoms with Crippen LogP contribution in [0.3, 0.4) is 0 Å². The van der Waals surface area contributed by atoms with Gasteiger partial charge in [-0.1, -0.05) is 5.41 Å². The third-order valence-corrected chi connectivity index (χ3v) is 0.650. The first-order valence-electron chi connectivity index (χ1n) is 1.92. The van der Waals surface area contributed by atoms with Crippen molar-refractivity contribution < 1.29 is 15.3 Å². The molecule has 0 rings (SSSR count). The van der Waals surface area contributed by atoms with Crippen LogP contribution in [0.25, 0.3) is 0 Å². The molecule has 0 aliphatic heterocycles. The van der Waals surface area contributed by atoms with E-state index in [9.17, 15) is 15.3 Å². The Kier molecular flexibility index (Phi) is 1.57. The van der Waals surface area contributed by atoms with Crippen LogP contribution in [-0.2, 0) is 0 Å². The molecule has 8 heavy (non-hydrogen) atoms. The van der Waals surface area contributed by atoms with Gasteiger partial charge in [-0.05, 0) is 6.92 Å². The summed E-state index contributed by atoms with van der Waals surface area (Å²) in [5, 5.41) is 29.5. The molecule has 0 spiro atoms. The molecule has 0 bridgehead atoms. The molecule has 0 saturated carbocycles. The van der Waals surface area contributed by atoms with Gasteiger partial charge in [0.15, 0.2) is 0 Å². The predicted octanol–water partition coefficient (Wildman–Crippen LogP) is -2.79. The normalized spacial score (nSPS) is 20.1. The molecule has 0 fully saturated rings. The zero-order valence-corrected chi connectivity index (χ0v) is 4.35. The molecule has 3 heteroatoms. The second kappa shape index (κ2) is 1.62. The summed E-state index contributed by atoms with van der Waals surface area (Å²) in [7, 11) is 0. The average Bonchev–Trinajstić information content (AvgIpc) is 1.25. The van der Waals surface area contributed by atoms with Crippen molar-refractivity contribution in [2.75, 3.05) is 0 Å². The van der Waals surface area contributed by atoms with Gasteiger partial charge in [0.05, 0.1) is 0 Å². The summed E-state index contributed by atoms with van der Waals surface area (Å²) in [6.45, 7) is 8.65. The maximum atomic E-state index is 9.83. The fraction of sp³-hybridized carbons (Fsp3) is 0.400. The minimum Gasteiger partial charge on any atom is -0.875 e. The van der Waals surface area contributed by atoms with E-state index in [1.54, 1.807) is 0 Å². The Bertz CT molecular complexity index is 62.7. The lowest BCUT2D eigenvalue weighted by molar-refractivity contribution is -0.916. The maximum absolute atomic E-state index is 9.83. The molecule has 0 aromatic rings. The number of hydrogen-bond acceptors (Lipinski definition) is 3. The second-order valence-electron chi connectivity index (χ2n) is 1.84. The van der Waals surface area contributed by atoms with Crippen molar-refractivity contribution in [1.29, 1.82) is 0 Å². The Morgan fingerprint density at radius 1 is 1.38 bits per heavy atom. The second-order valence-corrected chi connectivity index (χ2v) is 1.84. The van der Waals surface area contributed by atoms with Crippen LogP contribution in [0.1, 0.15) is 0 Å². The molecule has 0 atom stereocenters. The average molecular weight is 114 g/mol. The smallest absolute Gasteiger partial charge is 0.0329 e. The van der Waals surface area contributed by atoms with Crippen molar-refractivity contribution in [1.82, 2.24) is 0 Å². The van der Waals surface area contributed by atoms with Gasteiger partial charge < -0.3 is 15.3 Å². The first-order valence-corrected chi connectivity index (χ1v) is 1.92. The Morgan fingerprint density at radius 3 is 1.50 bits per heavy atom. The summed E-state index contributed by atoms with van der Waals surface area (Å²) in [5.74, 6) is -3.65. The van der Waals surface area contributed by atoms with Crippen LogP contribution in [0.2, 0.25) is 0 Å². The molecule has 1 radical (unpaired) electrons. The molecular formula is C5H6O3-3. The monoisotopic (exact) mass is 114 g/mol. The minimum absolute atomic E-state index is 1.98. The third-order valence-electron chi connectivity index (χ3n) is 0.650. The Balaban J connectivity index is 4.02.